The van der Waals surface area contributed by atoms with Crippen LogP contribution in [0, 0.1) is 5.92 Å². The summed E-state index contributed by atoms with van der Waals surface area (Å²) in [5, 5.41) is 3.45. The van der Waals surface area contributed by atoms with Crippen LogP contribution in [0.4, 0.5) is 0 Å². The van der Waals surface area contributed by atoms with Crippen LogP contribution in [0.3, 0.4) is 0 Å². The van der Waals surface area contributed by atoms with E-state index in [1.165, 1.54) is 50.1 Å². The minimum absolute atomic E-state index is 0.740. The Morgan fingerprint density at radius 1 is 1.05 bits per heavy atom. The molecule has 0 spiro atoms. The smallest absolute Gasteiger partial charge is 0.0236 e. The SMILES string of the molecule is CC(C)Cc1ccc(CN2CCC(N3CCNCC3)C2)cc1. The van der Waals surface area contributed by atoms with Gasteiger partial charge in [-0.3, -0.25) is 9.80 Å². The van der Waals surface area contributed by atoms with Gasteiger partial charge in [-0.2, -0.15) is 0 Å². The number of piperazine rings is 1. The third kappa shape index (κ3) is 4.31. The number of nitrogens with one attached hydrogen (secondary N) is 1. The highest BCUT2D eigenvalue weighted by atomic mass is 15.3. The van der Waals surface area contributed by atoms with Gasteiger partial charge >= 0.3 is 0 Å². The van der Waals surface area contributed by atoms with Gasteiger partial charge in [0, 0.05) is 51.9 Å². The standard InChI is InChI=1S/C19H31N3/c1-16(2)13-17-3-5-18(6-4-17)14-21-10-7-19(15-21)22-11-8-20-9-12-22/h3-6,16,19-20H,7-15H2,1-2H3. The van der Waals surface area contributed by atoms with Crippen LogP contribution in [0.15, 0.2) is 24.3 Å². The summed E-state index contributed by atoms with van der Waals surface area (Å²) in [6, 6.07) is 10.1. The third-order valence-corrected chi connectivity index (χ3v) is 4.99. The van der Waals surface area contributed by atoms with Crippen molar-refractivity contribution in [1.29, 1.82) is 0 Å². The maximum absolute atomic E-state index is 3.45. The molecule has 2 heterocycles. The second-order valence-electron chi connectivity index (χ2n) is 7.38. The second kappa shape index (κ2) is 7.58. The Morgan fingerprint density at radius 3 is 2.41 bits per heavy atom. The van der Waals surface area contributed by atoms with Crippen LogP contribution in [0.5, 0.6) is 0 Å². The molecule has 2 saturated heterocycles. The van der Waals surface area contributed by atoms with Crippen LogP contribution < -0.4 is 5.32 Å². The van der Waals surface area contributed by atoms with E-state index in [-0.39, 0.29) is 0 Å². The van der Waals surface area contributed by atoms with Gasteiger partial charge in [0.2, 0.25) is 0 Å². The van der Waals surface area contributed by atoms with Crippen LogP contribution in [-0.2, 0) is 13.0 Å². The lowest BCUT2D eigenvalue weighted by Gasteiger charge is -2.32. The predicted octanol–water partition coefficient (Wildman–Crippen LogP) is 2.36. The van der Waals surface area contributed by atoms with Crippen LogP contribution in [0.2, 0.25) is 0 Å². The van der Waals surface area contributed by atoms with Crippen molar-refractivity contribution in [1.82, 2.24) is 15.1 Å². The van der Waals surface area contributed by atoms with E-state index >= 15 is 0 Å². The molecule has 2 aliphatic heterocycles. The zero-order valence-electron chi connectivity index (χ0n) is 14.2. The van der Waals surface area contributed by atoms with Crippen molar-refractivity contribution >= 4 is 0 Å². The van der Waals surface area contributed by atoms with E-state index in [1.54, 1.807) is 0 Å². The molecule has 1 unspecified atom stereocenters. The minimum Gasteiger partial charge on any atom is -0.314 e. The van der Waals surface area contributed by atoms with Gasteiger partial charge in [-0.1, -0.05) is 38.1 Å². The average molecular weight is 301 g/mol. The Labute approximate surface area is 135 Å². The molecule has 0 aliphatic carbocycles. The molecular weight excluding hydrogens is 270 g/mol. The number of benzene rings is 1. The van der Waals surface area contributed by atoms with E-state index in [2.05, 4.69) is 53.2 Å². The Hall–Kier alpha value is -0.900. The highest BCUT2D eigenvalue weighted by Gasteiger charge is 2.28. The second-order valence-corrected chi connectivity index (χ2v) is 7.38. The lowest BCUT2D eigenvalue weighted by Crippen LogP contribution is -2.49. The summed E-state index contributed by atoms with van der Waals surface area (Å²) in [6.45, 7) is 13.0. The van der Waals surface area contributed by atoms with Gasteiger partial charge < -0.3 is 5.32 Å². The molecule has 3 heteroatoms. The highest BCUT2D eigenvalue weighted by molar-refractivity contribution is 5.23. The molecule has 1 N–H and O–H groups in total. The minimum atomic E-state index is 0.740. The summed E-state index contributed by atoms with van der Waals surface area (Å²) < 4.78 is 0. The van der Waals surface area contributed by atoms with E-state index in [4.69, 9.17) is 0 Å². The zero-order chi connectivity index (χ0) is 15.4. The maximum atomic E-state index is 3.45. The molecule has 0 saturated carbocycles. The lowest BCUT2D eigenvalue weighted by molar-refractivity contribution is 0.170. The van der Waals surface area contributed by atoms with Crippen LogP contribution in [0.1, 0.15) is 31.4 Å². The Bertz CT molecular complexity index is 448. The molecule has 122 valence electrons. The first-order valence-electron chi connectivity index (χ1n) is 8.95. The summed E-state index contributed by atoms with van der Waals surface area (Å²) in [6.07, 6.45) is 2.53. The van der Waals surface area contributed by atoms with Gasteiger partial charge in [-0.25, -0.2) is 0 Å². The van der Waals surface area contributed by atoms with Crippen LogP contribution in [-0.4, -0.2) is 55.1 Å². The molecule has 1 atom stereocenters. The first-order valence-corrected chi connectivity index (χ1v) is 8.95. The summed E-state index contributed by atoms with van der Waals surface area (Å²) >= 11 is 0. The fraction of sp³-hybridized carbons (Fsp3) is 0.684. The summed E-state index contributed by atoms with van der Waals surface area (Å²) in [5.74, 6) is 0.740. The normalized spacial score (nSPS) is 24.2. The molecule has 22 heavy (non-hydrogen) atoms. The first-order chi connectivity index (χ1) is 10.7. The predicted molar refractivity (Wildman–Crippen MR) is 93.1 cm³/mol. The molecule has 1 aromatic carbocycles. The van der Waals surface area contributed by atoms with E-state index in [0.717, 1.165) is 31.6 Å². The van der Waals surface area contributed by atoms with E-state index in [1.807, 2.05) is 0 Å². The van der Waals surface area contributed by atoms with Gasteiger partial charge in [-0.15, -0.1) is 0 Å². The fourth-order valence-corrected chi connectivity index (χ4v) is 3.81. The molecule has 2 aliphatic rings. The molecule has 0 bridgehead atoms. The molecular formula is C19H31N3. The number of nitrogens with zero attached hydrogens (tertiary/aromatic N) is 2. The quantitative estimate of drug-likeness (QED) is 0.901. The molecule has 3 rings (SSSR count). The number of rotatable bonds is 5. The van der Waals surface area contributed by atoms with Crippen LogP contribution in [0.25, 0.3) is 0 Å². The van der Waals surface area contributed by atoms with Crippen molar-refractivity contribution < 1.29 is 0 Å². The van der Waals surface area contributed by atoms with E-state index < -0.39 is 0 Å². The average Bonchev–Trinajstić information content (AvgIpc) is 2.98. The Kier molecular flexibility index (Phi) is 5.51. The monoisotopic (exact) mass is 301 g/mol. The van der Waals surface area contributed by atoms with Crippen molar-refractivity contribution in [2.24, 2.45) is 5.92 Å². The third-order valence-electron chi connectivity index (χ3n) is 4.99. The summed E-state index contributed by atoms with van der Waals surface area (Å²) in [7, 11) is 0. The molecule has 3 nitrogen and oxygen atoms in total. The number of hydrogen-bond acceptors (Lipinski definition) is 3. The zero-order valence-corrected chi connectivity index (χ0v) is 14.2. The van der Waals surface area contributed by atoms with Crippen molar-refractivity contribution in [2.45, 2.75) is 39.3 Å². The topological polar surface area (TPSA) is 18.5 Å². The Morgan fingerprint density at radius 2 is 1.73 bits per heavy atom. The molecule has 0 aromatic heterocycles. The van der Waals surface area contributed by atoms with Gasteiger partial charge in [0.1, 0.15) is 0 Å². The van der Waals surface area contributed by atoms with Gasteiger partial charge in [0.15, 0.2) is 0 Å². The highest BCUT2D eigenvalue weighted by Crippen LogP contribution is 2.19. The summed E-state index contributed by atoms with van der Waals surface area (Å²) in [4.78, 5) is 5.31. The van der Waals surface area contributed by atoms with Crippen molar-refractivity contribution in [3.63, 3.8) is 0 Å². The molecule has 2 fully saturated rings. The Balaban J connectivity index is 1.49. The number of hydrogen-bond donors (Lipinski definition) is 1. The van der Waals surface area contributed by atoms with E-state index in [9.17, 15) is 0 Å². The fourth-order valence-electron chi connectivity index (χ4n) is 3.81. The molecule has 0 radical (unpaired) electrons. The molecule has 0 amide bonds. The van der Waals surface area contributed by atoms with Crippen molar-refractivity contribution in [3.8, 4) is 0 Å². The number of likely N-dealkylation sites (tertiary alicyclic amines) is 1. The van der Waals surface area contributed by atoms with Gasteiger partial charge in [-0.05, 0) is 29.9 Å². The molecule has 1 aromatic rings. The van der Waals surface area contributed by atoms with E-state index in [0.29, 0.717) is 0 Å². The largest absolute Gasteiger partial charge is 0.314 e. The summed E-state index contributed by atoms with van der Waals surface area (Å²) in [5.41, 5.74) is 2.94. The maximum Gasteiger partial charge on any atom is 0.0236 e. The van der Waals surface area contributed by atoms with Crippen LogP contribution >= 0.6 is 0 Å². The van der Waals surface area contributed by atoms with Gasteiger partial charge in [0.05, 0.1) is 0 Å². The van der Waals surface area contributed by atoms with Gasteiger partial charge in [0.25, 0.3) is 0 Å². The van der Waals surface area contributed by atoms with Crippen molar-refractivity contribution in [2.75, 3.05) is 39.3 Å². The lowest BCUT2D eigenvalue weighted by atomic mass is 10.0. The van der Waals surface area contributed by atoms with Crippen molar-refractivity contribution in [3.05, 3.63) is 35.4 Å². The first kappa shape index (κ1) is 16.0.